The number of aliphatic imine (C=N–C) groups is 1. The van der Waals surface area contributed by atoms with Crippen molar-refractivity contribution in [3.8, 4) is 0 Å². The Balaban J connectivity index is 2.07. The lowest BCUT2D eigenvalue weighted by Crippen LogP contribution is -2.45. The van der Waals surface area contributed by atoms with Crippen molar-refractivity contribution in [1.29, 1.82) is 0 Å². The van der Waals surface area contributed by atoms with Crippen molar-refractivity contribution < 1.29 is 4.74 Å². The fourth-order valence-electron chi connectivity index (χ4n) is 1.81. The minimum atomic E-state index is 0.669. The van der Waals surface area contributed by atoms with E-state index in [0.29, 0.717) is 5.96 Å². The number of nitrogens with one attached hydrogen (secondary N) is 2. The smallest absolute Gasteiger partial charge is 0.205 e. The van der Waals surface area contributed by atoms with Gasteiger partial charge in [0.25, 0.3) is 0 Å². The van der Waals surface area contributed by atoms with E-state index in [2.05, 4.69) is 20.6 Å². The molecule has 0 radical (unpaired) electrons. The summed E-state index contributed by atoms with van der Waals surface area (Å²) in [6, 6.07) is 0. The van der Waals surface area contributed by atoms with Crippen LogP contribution in [0.5, 0.6) is 0 Å². The summed E-state index contributed by atoms with van der Waals surface area (Å²) in [5.74, 6) is 8.60. The fourth-order valence-corrected chi connectivity index (χ4v) is 2.79. The Morgan fingerprint density at radius 2 is 2.21 bits per heavy atom. The van der Waals surface area contributed by atoms with Gasteiger partial charge in [-0.2, -0.15) is 11.8 Å². The van der Waals surface area contributed by atoms with Gasteiger partial charge in [0.15, 0.2) is 0 Å². The number of nitrogens with two attached hydrogens (primary N) is 1. The largest absolute Gasteiger partial charge is 0.382 e. The second-order valence-electron chi connectivity index (χ2n) is 4.31. The minimum Gasteiger partial charge on any atom is -0.382 e. The van der Waals surface area contributed by atoms with Gasteiger partial charge in [-0.05, 0) is 13.3 Å². The van der Waals surface area contributed by atoms with Crippen LogP contribution in [0.4, 0.5) is 0 Å². The number of hydrogen-bond donors (Lipinski definition) is 3. The zero-order chi connectivity index (χ0) is 13.8. The Morgan fingerprint density at radius 1 is 1.42 bits per heavy atom. The van der Waals surface area contributed by atoms with E-state index >= 15 is 0 Å². The second-order valence-corrected chi connectivity index (χ2v) is 5.53. The highest BCUT2D eigenvalue weighted by Crippen LogP contribution is 2.07. The second kappa shape index (κ2) is 11.3. The molecule has 1 fully saturated rings. The topological polar surface area (TPSA) is 74.9 Å². The number of hydrogen-bond acceptors (Lipinski definition) is 5. The van der Waals surface area contributed by atoms with Crippen LogP contribution < -0.4 is 16.6 Å². The van der Waals surface area contributed by atoms with Crippen LogP contribution in [0.15, 0.2) is 4.99 Å². The lowest BCUT2D eigenvalue weighted by atomic mass is 10.4. The Hall–Kier alpha value is -0.500. The molecule has 19 heavy (non-hydrogen) atoms. The number of rotatable bonds is 8. The molecule has 0 amide bonds. The van der Waals surface area contributed by atoms with Crippen molar-refractivity contribution in [2.45, 2.75) is 13.3 Å². The molecule has 6 nitrogen and oxygen atoms in total. The molecule has 0 aliphatic carbocycles. The molecule has 0 aromatic carbocycles. The molecule has 0 saturated carbocycles. The average molecular weight is 289 g/mol. The summed E-state index contributed by atoms with van der Waals surface area (Å²) in [4.78, 5) is 6.83. The van der Waals surface area contributed by atoms with Gasteiger partial charge < -0.3 is 10.1 Å². The van der Waals surface area contributed by atoms with E-state index < -0.39 is 0 Å². The maximum atomic E-state index is 5.44. The Bertz CT molecular complexity index is 246. The van der Waals surface area contributed by atoms with Gasteiger partial charge in [-0.1, -0.05) is 0 Å². The van der Waals surface area contributed by atoms with Gasteiger partial charge in [-0.15, -0.1) is 0 Å². The molecular weight excluding hydrogens is 262 g/mol. The number of thioether (sulfide) groups is 1. The average Bonchev–Trinajstić information content (AvgIpc) is 2.46. The molecule has 1 rings (SSSR count). The quantitative estimate of drug-likeness (QED) is 0.190. The van der Waals surface area contributed by atoms with Gasteiger partial charge in [-0.3, -0.25) is 15.3 Å². The molecule has 1 aliphatic rings. The summed E-state index contributed by atoms with van der Waals surface area (Å²) < 4.78 is 5.26. The van der Waals surface area contributed by atoms with Crippen molar-refractivity contribution in [1.82, 2.24) is 15.6 Å². The molecule has 0 aromatic rings. The Kier molecular flexibility index (Phi) is 9.88. The van der Waals surface area contributed by atoms with E-state index in [1.54, 1.807) is 0 Å². The highest BCUT2D eigenvalue weighted by atomic mass is 32.2. The van der Waals surface area contributed by atoms with Gasteiger partial charge in [0, 0.05) is 57.4 Å². The molecule has 0 aromatic heterocycles. The summed E-state index contributed by atoms with van der Waals surface area (Å²) in [6.45, 7) is 8.52. The Labute approximate surface area is 120 Å². The van der Waals surface area contributed by atoms with Gasteiger partial charge in [-0.25, -0.2) is 5.84 Å². The number of hydrazine groups is 1. The molecule has 0 atom stereocenters. The van der Waals surface area contributed by atoms with Crippen molar-refractivity contribution in [3.05, 3.63) is 0 Å². The molecule has 1 saturated heterocycles. The van der Waals surface area contributed by atoms with Crippen molar-refractivity contribution in [2.24, 2.45) is 10.8 Å². The third-order valence-electron chi connectivity index (χ3n) is 2.88. The van der Waals surface area contributed by atoms with E-state index in [1.807, 2.05) is 18.7 Å². The summed E-state index contributed by atoms with van der Waals surface area (Å²) in [7, 11) is 0. The summed E-state index contributed by atoms with van der Waals surface area (Å²) in [6.07, 6.45) is 0.921. The minimum absolute atomic E-state index is 0.669. The molecule has 0 spiro atoms. The third-order valence-corrected chi connectivity index (χ3v) is 3.82. The first-order chi connectivity index (χ1) is 9.36. The molecule has 1 heterocycles. The van der Waals surface area contributed by atoms with Crippen molar-refractivity contribution in [2.75, 3.05) is 57.4 Å². The van der Waals surface area contributed by atoms with E-state index in [9.17, 15) is 0 Å². The van der Waals surface area contributed by atoms with Crippen LogP contribution >= 0.6 is 11.8 Å². The lowest BCUT2D eigenvalue weighted by molar-refractivity contribution is 0.146. The fraction of sp³-hybridized carbons (Fsp3) is 0.917. The molecule has 0 unspecified atom stereocenters. The molecule has 7 heteroatoms. The van der Waals surface area contributed by atoms with E-state index in [4.69, 9.17) is 10.6 Å². The van der Waals surface area contributed by atoms with Crippen LogP contribution in [0.2, 0.25) is 0 Å². The van der Waals surface area contributed by atoms with Crippen LogP contribution in [0.3, 0.4) is 0 Å². The number of ether oxygens (including phenoxy) is 1. The number of guanidine groups is 1. The van der Waals surface area contributed by atoms with E-state index in [0.717, 1.165) is 39.3 Å². The van der Waals surface area contributed by atoms with Crippen LogP contribution in [0, 0.1) is 0 Å². The first kappa shape index (κ1) is 16.6. The summed E-state index contributed by atoms with van der Waals surface area (Å²) in [5.41, 5.74) is 2.61. The van der Waals surface area contributed by atoms with E-state index in [1.165, 1.54) is 24.6 Å². The zero-order valence-corrected chi connectivity index (χ0v) is 12.7. The van der Waals surface area contributed by atoms with E-state index in [-0.39, 0.29) is 0 Å². The molecule has 0 bridgehead atoms. The molecule has 112 valence electrons. The first-order valence-corrected chi connectivity index (χ1v) is 8.15. The molecule has 4 N–H and O–H groups in total. The van der Waals surface area contributed by atoms with Crippen LogP contribution in [-0.2, 0) is 4.74 Å². The highest BCUT2D eigenvalue weighted by Gasteiger charge is 2.09. The summed E-state index contributed by atoms with van der Waals surface area (Å²) >= 11 is 2.03. The maximum Gasteiger partial charge on any atom is 0.205 e. The van der Waals surface area contributed by atoms with Gasteiger partial charge >= 0.3 is 0 Å². The lowest BCUT2D eigenvalue weighted by Gasteiger charge is -2.26. The monoisotopic (exact) mass is 289 g/mol. The SMILES string of the molecule is CCOCCCN=C(NN)NCCN1CCSCC1. The standard InChI is InChI=1S/C12H27N5OS/c1-2-18-9-3-4-14-12(16-13)15-5-6-17-7-10-19-11-8-17/h2-11,13H2,1H3,(H2,14,15,16). The van der Waals surface area contributed by atoms with Crippen LogP contribution in [0.1, 0.15) is 13.3 Å². The zero-order valence-electron chi connectivity index (χ0n) is 11.9. The predicted molar refractivity (Wildman–Crippen MR) is 82.5 cm³/mol. The van der Waals surface area contributed by atoms with Gasteiger partial charge in [0.05, 0.1) is 0 Å². The normalized spacial score (nSPS) is 17.5. The van der Waals surface area contributed by atoms with Crippen LogP contribution in [-0.4, -0.2) is 68.3 Å². The third kappa shape index (κ3) is 8.30. The van der Waals surface area contributed by atoms with Crippen LogP contribution in [0.25, 0.3) is 0 Å². The predicted octanol–water partition coefficient (Wildman–Crippen LogP) is -0.129. The van der Waals surface area contributed by atoms with Crippen molar-refractivity contribution >= 4 is 17.7 Å². The van der Waals surface area contributed by atoms with Crippen molar-refractivity contribution in [3.63, 3.8) is 0 Å². The maximum absolute atomic E-state index is 5.44. The molecule has 1 aliphatic heterocycles. The molecular formula is C12H27N5OS. The number of nitrogens with zero attached hydrogens (tertiary/aromatic N) is 2. The highest BCUT2D eigenvalue weighted by molar-refractivity contribution is 7.99. The van der Waals surface area contributed by atoms with Gasteiger partial charge in [0.1, 0.15) is 0 Å². The summed E-state index contributed by atoms with van der Waals surface area (Å²) in [5, 5.41) is 3.23. The Morgan fingerprint density at radius 3 is 2.89 bits per heavy atom. The first-order valence-electron chi connectivity index (χ1n) is 6.99. The van der Waals surface area contributed by atoms with Gasteiger partial charge in [0.2, 0.25) is 5.96 Å².